The predicted octanol–water partition coefficient (Wildman–Crippen LogP) is 3.00. The van der Waals surface area contributed by atoms with Gasteiger partial charge in [-0.05, 0) is 50.4 Å². The van der Waals surface area contributed by atoms with Crippen LogP contribution in [0.2, 0.25) is 0 Å². The summed E-state index contributed by atoms with van der Waals surface area (Å²) in [7, 11) is 2.26. The van der Waals surface area contributed by atoms with Crippen LogP contribution >= 0.6 is 0 Å². The zero-order valence-corrected chi connectivity index (χ0v) is 16.1. The molecule has 2 aliphatic rings. The lowest BCUT2D eigenvalue weighted by atomic mass is 9.70. The van der Waals surface area contributed by atoms with E-state index in [0.717, 1.165) is 26.1 Å². The Morgan fingerprint density at radius 2 is 1.92 bits per heavy atom. The monoisotopic (exact) mass is 353 g/mol. The zero-order chi connectivity index (χ0) is 18.0. The number of likely N-dealkylation sites (N-methyl/N-ethyl adjacent to an activating group) is 1. The highest BCUT2D eigenvalue weighted by Gasteiger charge is 2.49. The maximum Gasteiger partial charge on any atom is 0.137 e. The fourth-order valence-electron chi connectivity index (χ4n) is 5.02. The van der Waals surface area contributed by atoms with Crippen LogP contribution in [-0.4, -0.2) is 57.8 Å². The minimum absolute atomic E-state index is 0.362. The Hall–Kier alpha value is -1.72. The largest absolute Gasteiger partial charge is 0.317 e. The summed E-state index contributed by atoms with van der Waals surface area (Å²) in [5.74, 6) is 1.73. The van der Waals surface area contributed by atoms with E-state index in [1.165, 1.54) is 43.9 Å². The topological polar surface area (TPSA) is 37.2 Å². The van der Waals surface area contributed by atoms with E-state index in [0.29, 0.717) is 11.3 Å². The van der Waals surface area contributed by atoms with Crippen molar-refractivity contribution >= 4 is 0 Å². The summed E-state index contributed by atoms with van der Waals surface area (Å²) in [4.78, 5) is 5.12. The van der Waals surface area contributed by atoms with Crippen molar-refractivity contribution in [3.63, 3.8) is 0 Å². The maximum atomic E-state index is 4.56. The molecule has 2 aromatic rings. The molecule has 5 heteroatoms. The summed E-state index contributed by atoms with van der Waals surface area (Å²) in [6, 6.07) is 10.9. The molecule has 1 aromatic carbocycles. The molecule has 0 aliphatic carbocycles. The Morgan fingerprint density at radius 1 is 1.15 bits per heavy atom. The second-order valence-corrected chi connectivity index (χ2v) is 8.26. The van der Waals surface area contributed by atoms with Gasteiger partial charge in [0, 0.05) is 32.1 Å². The number of nitrogens with zero attached hydrogens (tertiary/aromatic N) is 5. The van der Waals surface area contributed by atoms with Gasteiger partial charge in [0.2, 0.25) is 0 Å². The van der Waals surface area contributed by atoms with Gasteiger partial charge >= 0.3 is 0 Å². The molecule has 0 radical (unpaired) electrons. The second kappa shape index (κ2) is 7.49. The smallest absolute Gasteiger partial charge is 0.137 e. The van der Waals surface area contributed by atoms with Gasteiger partial charge in [-0.2, -0.15) is 0 Å². The van der Waals surface area contributed by atoms with Crippen molar-refractivity contribution in [1.29, 1.82) is 0 Å². The Kier molecular flexibility index (Phi) is 5.09. The van der Waals surface area contributed by atoms with Gasteiger partial charge in [0.15, 0.2) is 0 Å². The van der Waals surface area contributed by atoms with E-state index in [4.69, 9.17) is 0 Å². The van der Waals surface area contributed by atoms with Crippen LogP contribution in [0.15, 0.2) is 36.7 Å². The predicted molar refractivity (Wildman–Crippen MR) is 104 cm³/mol. The highest BCUT2D eigenvalue weighted by Crippen LogP contribution is 2.49. The van der Waals surface area contributed by atoms with Gasteiger partial charge in [0.05, 0.1) is 0 Å². The Balaban J connectivity index is 1.48. The molecule has 1 atom stereocenters. The standard InChI is InChI=1S/C21H31N5/c1-3-11-26-17-22-23-20(26)19-15-24(2)16-21(19)9-12-25(13-10-21)14-18-7-5-4-6-8-18/h4-8,17,19H,3,9-16H2,1-2H3. The third kappa shape index (κ3) is 3.42. The first-order valence-electron chi connectivity index (χ1n) is 10.0. The van der Waals surface area contributed by atoms with Crippen molar-refractivity contribution in [2.75, 3.05) is 33.2 Å². The second-order valence-electron chi connectivity index (χ2n) is 8.26. The van der Waals surface area contributed by atoms with Gasteiger partial charge in [-0.1, -0.05) is 37.3 Å². The molecule has 2 aliphatic heterocycles. The number of hydrogen-bond donors (Lipinski definition) is 0. The highest BCUT2D eigenvalue weighted by molar-refractivity contribution is 5.16. The lowest BCUT2D eigenvalue weighted by molar-refractivity contribution is 0.0912. The fraction of sp³-hybridized carbons (Fsp3) is 0.619. The number of likely N-dealkylation sites (tertiary alicyclic amines) is 2. The average Bonchev–Trinajstić information content (AvgIpc) is 3.22. The SMILES string of the molecule is CCCn1cnnc1C1CN(C)CC12CCN(Cc1ccccc1)CC2. The molecule has 0 bridgehead atoms. The maximum absolute atomic E-state index is 4.56. The van der Waals surface area contributed by atoms with Crippen LogP contribution < -0.4 is 0 Å². The molecule has 0 N–H and O–H groups in total. The molecule has 4 rings (SSSR count). The number of benzene rings is 1. The first-order valence-corrected chi connectivity index (χ1v) is 10.0. The number of hydrogen-bond acceptors (Lipinski definition) is 4. The minimum Gasteiger partial charge on any atom is -0.317 e. The van der Waals surface area contributed by atoms with E-state index in [-0.39, 0.29) is 0 Å². The van der Waals surface area contributed by atoms with Crippen molar-refractivity contribution in [1.82, 2.24) is 24.6 Å². The van der Waals surface area contributed by atoms with E-state index in [9.17, 15) is 0 Å². The molecular formula is C21H31N5. The van der Waals surface area contributed by atoms with Crippen LogP contribution in [0.5, 0.6) is 0 Å². The number of aromatic nitrogens is 3. The Bertz CT molecular complexity index is 702. The molecular weight excluding hydrogens is 322 g/mol. The summed E-state index contributed by atoms with van der Waals surface area (Å²) >= 11 is 0. The normalized spacial score (nSPS) is 23.7. The van der Waals surface area contributed by atoms with Crippen LogP contribution in [0, 0.1) is 5.41 Å². The Labute approximate surface area is 157 Å². The lowest BCUT2D eigenvalue weighted by Gasteiger charge is -2.42. The molecule has 5 nitrogen and oxygen atoms in total. The van der Waals surface area contributed by atoms with Gasteiger partial charge in [-0.25, -0.2) is 0 Å². The van der Waals surface area contributed by atoms with E-state index < -0.39 is 0 Å². The summed E-state index contributed by atoms with van der Waals surface area (Å²) < 4.78 is 2.29. The number of rotatable bonds is 5. The van der Waals surface area contributed by atoms with Crippen LogP contribution in [0.3, 0.4) is 0 Å². The average molecular weight is 354 g/mol. The van der Waals surface area contributed by atoms with Crippen LogP contribution in [0.4, 0.5) is 0 Å². The summed E-state index contributed by atoms with van der Waals surface area (Å²) in [5.41, 5.74) is 1.78. The summed E-state index contributed by atoms with van der Waals surface area (Å²) in [6.45, 7) is 8.99. The van der Waals surface area contributed by atoms with Crippen molar-refractivity contribution in [2.24, 2.45) is 5.41 Å². The van der Waals surface area contributed by atoms with Crippen LogP contribution in [0.25, 0.3) is 0 Å². The Morgan fingerprint density at radius 3 is 2.65 bits per heavy atom. The van der Waals surface area contributed by atoms with Crippen LogP contribution in [0.1, 0.15) is 43.5 Å². The van der Waals surface area contributed by atoms with Crippen LogP contribution in [-0.2, 0) is 13.1 Å². The van der Waals surface area contributed by atoms with Crippen molar-refractivity contribution in [2.45, 2.75) is 45.2 Å². The van der Waals surface area contributed by atoms with Crippen molar-refractivity contribution < 1.29 is 0 Å². The number of aryl methyl sites for hydroxylation is 1. The van der Waals surface area contributed by atoms with E-state index in [1.54, 1.807) is 0 Å². The fourth-order valence-corrected chi connectivity index (χ4v) is 5.02. The van der Waals surface area contributed by atoms with Gasteiger partial charge in [0.25, 0.3) is 0 Å². The molecule has 0 saturated carbocycles. The quantitative estimate of drug-likeness (QED) is 0.828. The van der Waals surface area contributed by atoms with E-state index >= 15 is 0 Å². The third-order valence-corrected chi connectivity index (χ3v) is 6.34. The molecule has 2 saturated heterocycles. The summed E-state index contributed by atoms with van der Waals surface area (Å²) in [5, 5.41) is 8.80. The minimum atomic E-state index is 0.362. The van der Waals surface area contributed by atoms with Crippen molar-refractivity contribution in [3.05, 3.63) is 48.0 Å². The van der Waals surface area contributed by atoms with Gasteiger partial charge in [0.1, 0.15) is 12.2 Å². The first kappa shape index (κ1) is 17.7. The van der Waals surface area contributed by atoms with Gasteiger partial charge in [-0.15, -0.1) is 10.2 Å². The number of piperidine rings is 1. The molecule has 26 heavy (non-hydrogen) atoms. The molecule has 140 valence electrons. The van der Waals surface area contributed by atoms with E-state index in [1.807, 2.05) is 6.33 Å². The highest BCUT2D eigenvalue weighted by atomic mass is 15.3. The molecule has 1 unspecified atom stereocenters. The molecule has 0 amide bonds. The molecule has 2 fully saturated rings. The molecule has 3 heterocycles. The summed E-state index contributed by atoms with van der Waals surface area (Å²) in [6.07, 6.45) is 5.57. The molecule has 1 spiro atoms. The van der Waals surface area contributed by atoms with Crippen molar-refractivity contribution in [3.8, 4) is 0 Å². The van der Waals surface area contributed by atoms with Gasteiger partial charge in [-0.3, -0.25) is 4.90 Å². The van der Waals surface area contributed by atoms with Gasteiger partial charge < -0.3 is 9.47 Å². The zero-order valence-electron chi connectivity index (χ0n) is 16.1. The first-order chi connectivity index (χ1) is 12.7. The van der Waals surface area contributed by atoms with E-state index in [2.05, 4.69) is 68.9 Å². The molecule has 1 aromatic heterocycles. The lowest BCUT2D eigenvalue weighted by Crippen LogP contribution is -2.43. The third-order valence-electron chi connectivity index (χ3n) is 6.34.